The molecule has 0 saturated heterocycles. The molecule has 0 saturated carbocycles. The van der Waals surface area contributed by atoms with E-state index in [-0.39, 0.29) is 22.2 Å². The number of rotatable bonds is 2. The molecule has 0 heterocycles. The van der Waals surface area contributed by atoms with E-state index in [0.29, 0.717) is 0 Å². The molecular weight excluding hydrogens is 242 g/mol. The fourth-order valence-electron chi connectivity index (χ4n) is 0.889. The van der Waals surface area contributed by atoms with Crippen LogP contribution in [-0.4, -0.2) is 5.91 Å². The fourth-order valence-corrected chi connectivity index (χ4v) is 1.25. The first-order valence-electron chi connectivity index (χ1n) is 3.86. The van der Waals surface area contributed by atoms with E-state index in [9.17, 15) is 9.18 Å². The topological polar surface area (TPSA) is 52.9 Å². The normalized spacial score (nSPS) is 9.47. The number of amides is 1. The lowest BCUT2D eigenvalue weighted by Gasteiger charge is -2.06. The van der Waals surface area contributed by atoms with Gasteiger partial charge in [-0.1, -0.05) is 23.2 Å². The summed E-state index contributed by atoms with van der Waals surface area (Å²) in [4.78, 5) is 11.0. The summed E-state index contributed by atoms with van der Waals surface area (Å²) in [7, 11) is 0. The highest BCUT2D eigenvalue weighted by Crippen LogP contribution is 2.32. The number of hydrogen-bond donors (Lipinski definition) is 1. The van der Waals surface area contributed by atoms with Crippen LogP contribution in [0.1, 0.15) is 6.42 Å². The van der Waals surface area contributed by atoms with Crippen LogP contribution in [-0.2, 0) is 4.79 Å². The molecule has 3 nitrogen and oxygen atoms in total. The Morgan fingerprint density at radius 1 is 1.47 bits per heavy atom. The van der Waals surface area contributed by atoms with Gasteiger partial charge in [-0.25, -0.2) is 4.39 Å². The lowest BCUT2D eigenvalue weighted by molar-refractivity contribution is -0.115. The second-order valence-corrected chi connectivity index (χ2v) is 3.36. The van der Waals surface area contributed by atoms with Crippen LogP contribution in [0.4, 0.5) is 10.1 Å². The molecule has 0 spiro atoms. The van der Waals surface area contributed by atoms with Crippen molar-refractivity contribution >= 4 is 34.8 Å². The number of anilines is 1. The van der Waals surface area contributed by atoms with Crippen LogP contribution in [0.15, 0.2) is 12.1 Å². The lowest BCUT2D eigenvalue weighted by Crippen LogP contribution is -2.10. The average Bonchev–Trinajstić information content (AvgIpc) is 2.20. The van der Waals surface area contributed by atoms with Gasteiger partial charge in [0.05, 0.1) is 21.8 Å². The van der Waals surface area contributed by atoms with E-state index in [2.05, 4.69) is 5.32 Å². The number of carbonyl (C=O) groups is 1. The van der Waals surface area contributed by atoms with Crippen molar-refractivity contribution < 1.29 is 9.18 Å². The molecule has 78 valence electrons. The van der Waals surface area contributed by atoms with Crippen molar-refractivity contribution in [2.75, 3.05) is 5.32 Å². The smallest absolute Gasteiger partial charge is 0.238 e. The van der Waals surface area contributed by atoms with Crippen LogP contribution < -0.4 is 5.32 Å². The van der Waals surface area contributed by atoms with E-state index in [1.54, 1.807) is 6.07 Å². The van der Waals surface area contributed by atoms with E-state index in [4.69, 9.17) is 28.5 Å². The van der Waals surface area contributed by atoms with Gasteiger partial charge in [0.2, 0.25) is 5.91 Å². The van der Waals surface area contributed by atoms with Gasteiger partial charge in [-0.3, -0.25) is 4.79 Å². The largest absolute Gasteiger partial charge is 0.324 e. The van der Waals surface area contributed by atoms with Crippen LogP contribution in [0.5, 0.6) is 0 Å². The molecular formula is C9H5Cl2FN2O. The third-order valence-corrected chi connectivity index (χ3v) is 2.41. The van der Waals surface area contributed by atoms with Gasteiger partial charge in [0, 0.05) is 0 Å². The second-order valence-electron chi connectivity index (χ2n) is 2.61. The molecule has 1 aromatic carbocycles. The van der Waals surface area contributed by atoms with Gasteiger partial charge < -0.3 is 5.32 Å². The monoisotopic (exact) mass is 246 g/mol. The summed E-state index contributed by atoms with van der Waals surface area (Å²) >= 11 is 11.2. The molecule has 0 aliphatic heterocycles. The number of benzene rings is 1. The van der Waals surface area contributed by atoms with Crippen LogP contribution in [0.3, 0.4) is 0 Å². The number of carbonyl (C=O) groups excluding carboxylic acids is 1. The molecule has 15 heavy (non-hydrogen) atoms. The van der Waals surface area contributed by atoms with Gasteiger partial charge in [-0.15, -0.1) is 0 Å². The summed E-state index contributed by atoms with van der Waals surface area (Å²) in [5.74, 6) is -1.19. The van der Waals surface area contributed by atoms with E-state index in [0.717, 1.165) is 6.07 Å². The molecule has 0 radical (unpaired) electrons. The standard InChI is InChI=1S/C9H5Cl2FN2O/c10-8-5(12)1-2-6(9(8)11)14-7(15)3-4-13/h1-2H,3H2,(H,14,15). The number of nitriles is 1. The molecule has 0 unspecified atom stereocenters. The van der Waals surface area contributed by atoms with Crippen LogP contribution in [0.25, 0.3) is 0 Å². The van der Waals surface area contributed by atoms with Gasteiger partial charge in [-0.2, -0.15) is 5.26 Å². The Bertz CT molecular complexity index is 442. The maximum Gasteiger partial charge on any atom is 0.238 e. The molecule has 0 aliphatic carbocycles. The zero-order valence-corrected chi connectivity index (χ0v) is 8.86. The third kappa shape index (κ3) is 2.82. The van der Waals surface area contributed by atoms with Crippen molar-refractivity contribution in [3.63, 3.8) is 0 Å². The van der Waals surface area contributed by atoms with Crippen molar-refractivity contribution in [2.45, 2.75) is 6.42 Å². The molecule has 0 aromatic heterocycles. The van der Waals surface area contributed by atoms with Crippen molar-refractivity contribution in [1.82, 2.24) is 0 Å². The van der Waals surface area contributed by atoms with Crippen molar-refractivity contribution in [3.05, 3.63) is 28.0 Å². The van der Waals surface area contributed by atoms with Gasteiger partial charge in [-0.05, 0) is 12.1 Å². The molecule has 1 amide bonds. The molecule has 0 aliphatic rings. The van der Waals surface area contributed by atoms with Crippen LogP contribution in [0.2, 0.25) is 10.0 Å². The number of hydrogen-bond acceptors (Lipinski definition) is 2. The molecule has 1 rings (SSSR count). The Balaban J connectivity index is 2.93. The van der Waals surface area contributed by atoms with Gasteiger partial charge >= 0.3 is 0 Å². The van der Waals surface area contributed by atoms with Crippen molar-refractivity contribution in [3.8, 4) is 6.07 Å². The minimum Gasteiger partial charge on any atom is -0.324 e. The second kappa shape index (κ2) is 4.96. The first-order valence-corrected chi connectivity index (χ1v) is 4.62. The van der Waals surface area contributed by atoms with Crippen molar-refractivity contribution in [1.29, 1.82) is 5.26 Å². The Labute approximate surface area is 95.4 Å². The minimum absolute atomic E-state index is 0.0806. The van der Waals surface area contributed by atoms with Crippen LogP contribution >= 0.6 is 23.2 Å². The Kier molecular flexibility index (Phi) is 3.89. The summed E-state index contributed by atoms with van der Waals surface area (Å²) in [6, 6.07) is 4.03. The fraction of sp³-hybridized carbons (Fsp3) is 0.111. The van der Waals surface area contributed by atoms with Crippen molar-refractivity contribution in [2.24, 2.45) is 0 Å². The van der Waals surface area contributed by atoms with Gasteiger partial charge in [0.1, 0.15) is 12.2 Å². The zero-order valence-electron chi connectivity index (χ0n) is 7.35. The maximum atomic E-state index is 12.9. The maximum absolute atomic E-state index is 12.9. The summed E-state index contributed by atoms with van der Waals surface area (Å²) in [5, 5.41) is 10.2. The zero-order chi connectivity index (χ0) is 11.4. The molecule has 1 aromatic rings. The average molecular weight is 247 g/mol. The number of halogens is 3. The Morgan fingerprint density at radius 3 is 2.73 bits per heavy atom. The molecule has 0 fully saturated rings. The Hall–Kier alpha value is -1.31. The SMILES string of the molecule is N#CCC(=O)Nc1ccc(F)c(Cl)c1Cl. The molecule has 0 atom stereocenters. The first kappa shape index (κ1) is 11.8. The number of nitrogens with zero attached hydrogens (tertiary/aromatic N) is 1. The number of nitrogens with one attached hydrogen (secondary N) is 1. The van der Waals surface area contributed by atoms with Gasteiger partial charge in [0.25, 0.3) is 0 Å². The Morgan fingerprint density at radius 2 is 2.13 bits per heavy atom. The minimum atomic E-state index is -0.667. The molecule has 1 N–H and O–H groups in total. The summed E-state index contributed by atoms with van der Waals surface area (Å²) in [5.41, 5.74) is 0.184. The van der Waals surface area contributed by atoms with Gasteiger partial charge in [0.15, 0.2) is 0 Å². The van der Waals surface area contributed by atoms with E-state index < -0.39 is 11.7 Å². The first-order chi connectivity index (χ1) is 7.06. The van der Waals surface area contributed by atoms with Crippen LogP contribution in [0, 0.1) is 17.1 Å². The molecule has 6 heteroatoms. The highest BCUT2D eigenvalue weighted by molar-refractivity contribution is 6.44. The predicted molar refractivity (Wildman–Crippen MR) is 55.3 cm³/mol. The highest BCUT2D eigenvalue weighted by Gasteiger charge is 2.11. The highest BCUT2D eigenvalue weighted by atomic mass is 35.5. The summed E-state index contributed by atoms with van der Waals surface area (Å²) in [6.07, 6.45) is -0.300. The predicted octanol–water partition coefficient (Wildman–Crippen LogP) is 2.98. The lowest BCUT2D eigenvalue weighted by atomic mass is 10.3. The summed E-state index contributed by atoms with van der Waals surface area (Å²) < 4.78 is 12.9. The van der Waals surface area contributed by atoms with E-state index in [1.807, 2.05) is 0 Å². The third-order valence-electron chi connectivity index (χ3n) is 1.55. The van der Waals surface area contributed by atoms with E-state index >= 15 is 0 Å². The van der Waals surface area contributed by atoms with E-state index in [1.165, 1.54) is 6.07 Å². The molecule has 0 bridgehead atoms. The quantitative estimate of drug-likeness (QED) is 0.816. The summed E-state index contributed by atoms with van der Waals surface area (Å²) in [6.45, 7) is 0.